The molecule has 0 unspecified atom stereocenters. The van der Waals surface area contributed by atoms with E-state index >= 15 is 0 Å². The second-order valence-corrected chi connectivity index (χ2v) is 7.98. The van der Waals surface area contributed by atoms with Crippen LogP contribution in [-0.2, 0) is 4.79 Å². The Kier molecular flexibility index (Phi) is 8.29. The molecule has 1 N–H and O–H groups in total. The number of halogens is 3. The molecule has 0 radical (unpaired) electrons. The Morgan fingerprint density at radius 2 is 1.92 bits per heavy atom. The maximum Gasteiger partial charge on any atom is 0.250 e. The largest absolute Gasteiger partial charge is 0.492 e. The fourth-order valence-electron chi connectivity index (χ4n) is 1.83. The molecular formula is C17H15Br2ClN2O2S. The standard InChI is InChI=1S/C17H15Br2ClN2O2S/c1-2-24-17-14(18)7-11(8-15(17)19)9-21-22-16(23)10-25-13-5-3-12(20)4-6-13/h3-9H,2,10H2,1H3,(H,22,23)/b21-9-. The summed E-state index contributed by atoms with van der Waals surface area (Å²) in [5, 5.41) is 4.66. The average Bonchev–Trinajstić information content (AvgIpc) is 2.58. The summed E-state index contributed by atoms with van der Waals surface area (Å²) in [4.78, 5) is 12.8. The molecule has 4 nitrogen and oxygen atoms in total. The molecule has 0 aliphatic rings. The van der Waals surface area contributed by atoms with Crippen LogP contribution in [0.2, 0.25) is 5.02 Å². The lowest BCUT2D eigenvalue weighted by molar-refractivity contribution is -0.118. The van der Waals surface area contributed by atoms with Gasteiger partial charge in [0.15, 0.2) is 0 Å². The van der Waals surface area contributed by atoms with Gasteiger partial charge in [-0.1, -0.05) is 11.6 Å². The summed E-state index contributed by atoms with van der Waals surface area (Å²) in [5.74, 6) is 0.832. The van der Waals surface area contributed by atoms with Crippen LogP contribution in [0.1, 0.15) is 12.5 Å². The van der Waals surface area contributed by atoms with E-state index in [1.807, 2.05) is 31.2 Å². The van der Waals surface area contributed by atoms with Gasteiger partial charge >= 0.3 is 0 Å². The summed E-state index contributed by atoms with van der Waals surface area (Å²) < 4.78 is 7.16. The van der Waals surface area contributed by atoms with Gasteiger partial charge in [0.25, 0.3) is 0 Å². The number of rotatable bonds is 7. The van der Waals surface area contributed by atoms with Crippen LogP contribution < -0.4 is 10.2 Å². The summed E-state index contributed by atoms with van der Waals surface area (Å²) in [7, 11) is 0. The molecule has 0 aliphatic heterocycles. The molecule has 2 aromatic carbocycles. The zero-order valence-electron chi connectivity index (χ0n) is 13.3. The number of carbonyl (C=O) groups is 1. The molecule has 0 saturated heterocycles. The highest BCUT2D eigenvalue weighted by Crippen LogP contribution is 2.34. The average molecular weight is 507 g/mol. The second-order valence-electron chi connectivity index (χ2n) is 4.78. The quantitative estimate of drug-likeness (QED) is 0.306. The molecule has 0 aliphatic carbocycles. The van der Waals surface area contributed by atoms with Gasteiger partial charge in [0, 0.05) is 9.92 Å². The smallest absolute Gasteiger partial charge is 0.250 e. The number of benzene rings is 2. The highest BCUT2D eigenvalue weighted by molar-refractivity contribution is 9.11. The molecule has 25 heavy (non-hydrogen) atoms. The van der Waals surface area contributed by atoms with Crippen molar-refractivity contribution in [1.29, 1.82) is 0 Å². The minimum Gasteiger partial charge on any atom is -0.492 e. The van der Waals surface area contributed by atoms with Crippen molar-refractivity contribution in [1.82, 2.24) is 5.43 Å². The molecule has 0 aromatic heterocycles. The van der Waals surface area contributed by atoms with Crippen LogP contribution in [-0.4, -0.2) is 24.5 Å². The number of carbonyl (C=O) groups excluding carboxylic acids is 1. The van der Waals surface area contributed by atoms with Crippen LogP contribution >= 0.6 is 55.2 Å². The molecule has 1 amide bonds. The summed E-state index contributed by atoms with van der Waals surface area (Å²) in [6.45, 7) is 2.50. The van der Waals surface area contributed by atoms with E-state index in [1.165, 1.54) is 11.8 Å². The molecule has 2 aromatic rings. The predicted octanol–water partition coefficient (Wildman–Crippen LogP) is 5.51. The third-order valence-electron chi connectivity index (χ3n) is 2.90. The van der Waals surface area contributed by atoms with Crippen molar-refractivity contribution in [3.63, 3.8) is 0 Å². The van der Waals surface area contributed by atoms with Gasteiger partial charge in [-0.15, -0.1) is 11.8 Å². The number of thioether (sulfide) groups is 1. The zero-order valence-corrected chi connectivity index (χ0v) is 18.0. The Labute approximate surface area is 172 Å². The molecule has 0 atom stereocenters. The number of hydrazone groups is 1. The van der Waals surface area contributed by atoms with E-state index in [0.717, 1.165) is 25.2 Å². The highest BCUT2D eigenvalue weighted by Gasteiger charge is 2.08. The third kappa shape index (κ3) is 6.66. The van der Waals surface area contributed by atoms with E-state index < -0.39 is 0 Å². The Morgan fingerprint density at radius 3 is 2.52 bits per heavy atom. The summed E-state index contributed by atoms with van der Waals surface area (Å²) >= 11 is 14.2. The van der Waals surface area contributed by atoms with Crippen molar-refractivity contribution in [2.24, 2.45) is 5.10 Å². The van der Waals surface area contributed by atoms with Crippen molar-refractivity contribution < 1.29 is 9.53 Å². The van der Waals surface area contributed by atoms with Gasteiger partial charge in [-0.3, -0.25) is 4.79 Å². The van der Waals surface area contributed by atoms with Gasteiger partial charge in [0.05, 0.1) is 27.5 Å². The lowest BCUT2D eigenvalue weighted by Gasteiger charge is -2.09. The minimum atomic E-state index is -0.180. The van der Waals surface area contributed by atoms with E-state index in [1.54, 1.807) is 18.3 Å². The van der Waals surface area contributed by atoms with Gasteiger partial charge in [-0.2, -0.15) is 5.10 Å². The van der Waals surface area contributed by atoms with E-state index in [9.17, 15) is 4.79 Å². The van der Waals surface area contributed by atoms with Crippen LogP contribution in [0, 0.1) is 0 Å². The Bertz CT molecular complexity index is 747. The minimum absolute atomic E-state index is 0.180. The number of hydrogen-bond donors (Lipinski definition) is 1. The van der Waals surface area contributed by atoms with Crippen LogP contribution in [0.25, 0.3) is 0 Å². The van der Waals surface area contributed by atoms with Crippen LogP contribution in [0.5, 0.6) is 5.75 Å². The fourth-order valence-corrected chi connectivity index (χ4v) is 4.09. The van der Waals surface area contributed by atoms with Gasteiger partial charge < -0.3 is 4.74 Å². The molecular weight excluding hydrogens is 492 g/mol. The first-order valence-electron chi connectivity index (χ1n) is 7.31. The van der Waals surface area contributed by atoms with Crippen molar-refractivity contribution in [3.05, 3.63) is 55.9 Å². The molecule has 0 bridgehead atoms. The van der Waals surface area contributed by atoms with Crippen molar-refractivity contribution >= 4 is 67.3 Å². The summed E-state index contributed by atoms with van der Waals surface area (Å²) in [6, 6.07) is 11.1. The zero-order chi connectivity index (χ0) is 18.2. The molecule has 0 fully saturated rings. The second kappa shape index (κ2) is 10.2. The maximum absolute atomic E-state index is 11.8. The number of ether oxygens (including phenoxy) is 1. The molecule has 132 valence electrons. The van der Waals surface area contributed by atoms with Gasteiger partial charge in [-0.25, -0.2) is 5.43 Å². The molecule has 0 spiro atoms. The predicted molar refractivity (Wildman–Crippen MR) is 111 cm³/mol. The van der Waals surface area contributed by atoms with Crippen LogP contribution in [0.3, 0.4) is 0 Å². The van der Waals surface area contributed by atoms with Gasteiger partial charge in [0.1, 0.15) is 5.75 Å². The van der Waals surface area contributed by atoms with E-state index in [2.05, 4.69) is 42.4 Å². The van der Waals surface area contributed by atoms with Crippen LogP contribution in [0.4, 0.5) is 0 Å². The number of hydrogen-bond acceptors (Lipinski definition) is 4. The van der Waals surface area contributed by atoms with Crippen LogP contribution in [0.15, 0.2) is 55.3 Å². The lowest BCUT2D eigenvalue weighted by Crippen LogP contribution is -2.19. The summed E-state index contributed by atoms with van der Waals surface area (Å²) in [6.07, 6.45) is 1.58. The molecule has 0 heterocycles. The Hall–Kier alpha value is -1.02. The normalized spacial score (nSPS) is 10.9. The monoisotopic (exact) mass is 504 g/mol. The summed E-state index contributed by atoms with van der Waals surface area (Å²) in [5.41, 5.74) is 3.34. The van der Waals surface area contributed by atoms with E-state index in [-0.39, 0.29) is 11.7 Å². The number of nitrogens with one attached hydrogen (secondary N) is 1. The third-order valence-corrected chi connectivity index (χ3v) is 5.34. The first-order chi connectivity index (χ1) is 12.0. The molecule has 8 heteroatoms. The number of nitrogens with zero attached hydrogens (tertiary/aromatic N) is 1. The van der Waals surface area contributed by atoms with Gasteiger partial charge in [0.2, 0.25) is 5.91 Å². The lowest BCUT2D eigenvalue weighted by atomic mass is 10.2. The van der Waals surface area contributed by atoms with Crippen molar-refractivity contribution in [2.45, 2.75) is 11.8 Å². The molecule has 2 rings (SSSR count). The fraction of sp³-hybridized carbons (Fsp3) is 0.176. The van der Waals surface area contributed by atoms with Crippen molar-refractivity contribution in [3.8, 4) is 5.75 Å². The first kappa shape index (κ1) is 20.3. The highest BCUT2D eigenvalue weighted by atomic mass is 79.9. The molecule has 0 saturated carbocycles. The van der Waals surface area contributed by atoms with Gasteiger partial charge in [-0.05, 0) is 80.7 Å². The Balaban J connectivity index is 1.87. The Morgan fingerprint density at radius 1 is 1.28 bits per heavy atom. The topological polar surface area (TPSA) is 50.7 Å². The van der Waals surface area contributed by atoms with E-state index in [0.29, 0.717) is 11.6 Å². The maximum atomic E-state index is 11.8. The number of amides is 1. The first-order valence-corrected chi connectivity index (χ1v) is 10.3. The van der Waals surface area contributed by atoms with Crippen molar-refractivity contribution in [2.75, 3.05) is 12.4 Å². The van der Waals surface area contributed by atoms with E-state index in [4.69, 9.17) is 16.3 Å². The SMILES string of the molecule is CCOc1c(Br)cc(/C=N\NC(=O)CSc2ccc(Cl)cc2)cc1Br.